The van der Waals surface area contributed by atoms with Crippen molar-refractivity contribution in [3.8, 4) is 5.69 Å². The predicted molar refractivity (Wildman–Crippen MR) is 84.8 cm³/mol. The Bertz CT molecular complexity index is 655. The van der Waals surface area contributed by atoms with Crippen molar-refractivity contribution in [2.45, 2.75) is 6.54 Å². The summed E-state index contributed by atoms with van der Waals surface area (Å²) in [5.74, 6) is 0.632. The number of benzene rings is 1. The number of carbonyl (C=O) groups is 2. The van der Waals surface area contributed by atoms with Crippen LogP contribution in [-0.4, -0.2) is 44.7 Å². The van der Waals surface area contributed by atoms with Crippen LogP contribution in [0.2, 0.25) is 0 Å². The molecule has 2 heterocycles. The molecule has 1 aliphatic heterocycles. The number of aromatic nitrogens is 2. The van der Waals surface area contributed by atoms with Gasteiger partial charge in [0.25, 0.3) is 5.24 Å². The molecule has 0 saturated carbocycles. The monoisotopic (exact) mass is 316 g/mol. The van der Waals surface area contributed by atoms with Gasteiger partial charge < -0.3 is 10.2 Å². The van der Waals surface area contributed by atoms with E-state index in [1.54, 1.807) is 15.8 Å². The first-order chi connectivity index (χ1) is 10.7. The summed E-state index contributed by atoms with van der Waals surface area (Å²) in [6.07, 6.45) is 3.61. The maximum Gasteiger partial charge on any atom is 0.282 e. The molecule has 1 N–H and O–H groups in total. The highest BCUT2D eigenvalue weighted by atomic mass is 32.2. The first kappa shape index (κ1) is 14.6. The van der Waals surface area contributed by atoms with E-state index in [1.807, 2.05) is 36.5 Å². The average Bonchev–Trinajstić information content (AvgIpc) is 3.18. The van der Waals surface area contributed by atoms with Crippen molar-refractivity contribution < 1.29 is 9.59 Å². The maximum absolute atomic E-state index is 11.8. The quantitative estimate of drug-likeness (QED) is 0.911. The molecule has 0 spiro atoms. The fraction of sp³-hybridized carbons (Fsp3) is 0.267. The summed E-state index contributed by atoms with van der Waals surface area (Å²) in [7, 11) is 0. The fourth-order valence-electron chi connectivity index (χ4n) is 2.19. The van der Waals surface area contributed by atoms with E-state index >= 15 is 0 Å². The zero-order valence-corrected chi connectivity index (χ0v) is 12.8. The molecular weight excluding hydrogens is 300 g/mol. The summed E-state index contributed by atoms with van der Waals surface area (Å²) in [6, 6.07) is 9.68. The molecule has 1 aromatic carbocycles. The molecule has 0 bridgehead atoms. The Hall–Kier alpha value is -2.28. The molecule has 22 heavy (non-hydrogen) atoms. The second-order valence-corrected chi connectivity index (χ2v) is 5.98. The second kappa shape index (κ2) is 6.65. The number of nitrogens with one attached hydrogen (secondary N) is 1. The second-order valence-electron chi connectivity index (χ2n) is 4.93. The molecule has 1 aliphatic rings. The van der Waals surface area contributed by atoms with Crippen molar-refractivity contribution in [2.75, 3.05) is 18.8 Å². The van der Waals surface area contributed by atoms with Crippen molar-refractivity contribution >= 4 is 22.9 Å². The van der Waals surface area contributed by atoms with Crippen molar-refractivity contribution in [3.63, 3.8) is 0 Å². The third kappa shape index (κ3) is 3.48. The van der Waals surface area contributed by atoms with Crippen LogP contribution in [0.1, 0.15) is 5.56 Å². The average molecular weight is 316 g/mol. The summed E-state index contributed by atoms with van der Waals surface area (Å²) >= 11 is 1.26. The van der Waals surface area contributed by atoms with E-state index in [9.17, 15) is 9.59 Å². The molecule has 2 amide bonds. The molecule has 6 nitrogen and oxygen atoms in total. The number of hydrogen-bond donors (Lipinski definition) is 1. The summed E-state index contributed by atoms with van der Waals surface area (Å²) in [5, 5.41) is 6.98. The van der Waals surface area contributed by atoms with Crippen LogP contribution in [0.3, 0.4) is 0 Å². The first-order valence-electron chi connectivity index (χ1n) is 7.00. The van der Waals surface area contributed by atoms with E-state index in [2.05, 4.69) is 10.4 Å². The minimum absolute atomic E-state index is 0.0151. The zero-order valence-electron chi connectivity index (χ0n) is 11.9. The van der Waals surface area contributed by atoms with Crippen LogP contribution in [0, 0.1) is 0 Å². The van der Waals surface area contributed by atoms with Gasteiger partial charge in [-0.25, -0.2) is 4.68 Å². The van der Waals surface area contributed by atoms with Gasteiger partial charge in [0, 0.05) is 31.2 Å². The van der Waals surface area contributed by atoms with E-state index in [1.165, 1.54) is 11.8 Å². The van der Waals surface area contributed by atoms with Crippen LogP contribution in [0.15, 0.2) is 42.7 Å². The third-order valence-electron chi connectivity index (χ3n) is 3.37. The largest absolute Gasteiger partial charge is 0.350 e. The third-order valence-corrected chi connectivity index (χ3v) is 4.27. The van der Waals surface area contributed by atoms with Gasteiger partial charge in [0.05, 0.1) is 5.69 Å². The Kier molecular flexibility index (Phi) is 4.43. The van der Waals surface area contributed by atoms with Crippen LogP contribution in [0.5, 0.6) is 0 Å². The highest BCUT2D eigenvalue weighted by Gasteiger charge is 2.22. The van der Waals surface area contributed by atoms with Crippen LogP contribution in [0.25, 0.3) is 5.69 Å². The van der Waals surface area contributed by atoms with E-state index in [0.717, 1.165) is 17.0 Å². The van der Waals surface area contributed by atoms with Gasteiger partial charge in [-0.05, 0) is 23.8 Å². The predicted octanol–water partition coefficient (Wildman–Crippen LogP) is 1.66. The van der Waals surface area contributed by atoms with Gasteiger partial charge in [0.15, 0.2) is 0 Å². The summed E-state index contributed by atoms with van der Waals surface area (Å²) < 4.78 is 1.78. The zero-order chi connectivity index (χ0) is 15.4. The van der Waals surface area contributed by atoms with Crippen LogP contribution in [0.4, 0.5) is 4.79 Å². The van der Waals surface area contributed by atoms with Crippen LogP contribution in [-0.2, 0) is 11.3 Å². The van der Waals surface area contributed by atoms with Gasteiger partial charge in [-0.15, -0.1) is 0 Å². The van der Waals surface area contributed by atoms with Gasteiger partial charge in [0.2, 0.25) is 5.91 Å². The number of thioether (sulfide) groups is 1. The van der Waals surface area contributed by atoms with E-state index in [4.69, 9.17) is 0 Å². The maximum atomic E-state index is 11.8. The molecule has 1 fully saturated rings. The molecule has 114 valence electrons. The Balaban J connectivity index is 1.51. The summed E-state index contributed by atoms with van der Waals surface area (Å²) in [4.78, 5) is 24.8. The molecule has 0 atom stereocenters. The normalized spacial score (nSPS) is 14.4. The lowest BCUT2D eigenvalue weighted by Crippen LogP contribution is -2.36. The Morgan fingerprint density at radius 3 is 2.77 bits per heavy atom. The van der Waals surface area contributed by atoms with Crippen LogP contribution < -0.4 is 5.32 Å². The minimum atomic E-state index is -0.132. The lowest BCUT2D eigenvalue weighted by Gasteiger charge is -2.14. The lowest BCUT2D eigenvalue weighted by atomic mass is 10.2. The molecular formula is C15H16N4O2S. The highest BCUT2D eigenvalue weighted by Crippen LogP contribution is 2.16. The number of amides is 2. The van der Waals surface area contributed by atoms with Gasteiger partial charge in [0.1, 0.15) is 6.54 Å². The molecule has 0 unspecified atom stereocenters. The van der Waals surface area contributed by atoms with Gasteiger partial charge in [-0.3, -0.25) is 9.59 Å². The van der Waals surface area contributed by atoms with E-state index < -0.39 is 0 Å². The highest BCUT2D eigenvalue weighted by molar-refractivity contribution is 8.13. The Morgan fingerprint density at radius 2 is 2.14 bits per heavy atom. The van der Waals surface area contributed by atoms with Crippen molar-refractivity contribution in [1.29, 1.82) is 0 Å². The van der Waals surface area contributed by atoms with Gasteiger partial charge in [-0.1, -0.05) is 23.9 Å². The number of rotatable bonds is 5. The topological polar surface area (TPSA) is 67.2 Å². The van der Waals surface area contributed by atoms with E-state index in [-0.39, 0.29) is 17.7 Å². The molecule has 0 radical (unpaired) electrons. The summed E-state index contributed by atoms with van der Waals surface area (Å²) in [6.45, 7) is 1.24. The fourth-order valence-corrected chi connectivity index (χ4v) is 3.01. The Morgan fingerprint density at radius 1 is 1.32 bits per heavy atom. The lowest BCUT2D eigenvalue weighted by molar-refractivity contribution is -0.121. The smallest absolute Gasteiger partial charge is 0.282 e. The molecule has 2 aromatic rings. The van der Waals surface area contributed by atoms with Crippen molar-refractivity contribution in [1.82, 2.24) is 20.0 Å². The molecule has 3 rings (SSSR count). The van der Waals surface area contributed by atoms with Crippen molar-refractivity contribution in [2.24, 2.45) is 0 Å². The van der Waals surface area contributed by atoms with Gasteiger partial charge in [-0.2, -0.15) is 5.10 Å². The number of hydrogen-bond acceptors (Lipinski definition) is 4. The number of carbonyl (C=O) groups excluding carboxylic acids is 2. The minimum Gasteiger partial charge on any atom is -0.350 e. The van der Waals surface area contributed by atoms with Crippen LogP contribution >= 0.6 is 11.8 Å². The molecule has 1 aromatic heterocycles. The molecule has 1 saturated heterocycles. The Labute approximate surface area is 132 Å². The standard InChI is InChI=1S/C15H16N4O2S/c20-14(11-18-8-9-22-15(18)21)16-10-12-2-4-13(5-3-12)19-7-1-6-17-19/h1-7H,8-11H2,(H,16,20). The van der Waals surface area contributed by atoms with Crippen molar-refractivity contribution in [3.05, 3.63) is 48.3 Å². The SMILES string of the molecule is O=C(CN1CCSC1=O)NCc1ccc(-n2cccn2)cc1. The first-order valence-corrected chi connectivity index (χ1v) is 7.98. The molecule has 0 aliphatic carbocycles. The summed E-state index contributed by atoms with van der Waals surface area (Å²) in [5.41, 5.74) is 1.98. The number of nitrogens with zero attached hydrogens (tertiary/aromatic N) is 3. The van der Waals surface area contributed by atoms with E-state index in [0.29, 0.717) is 13.1 Å². The molecule has 7 heteroatoms. The van der Waals surface area contributed by atoms with Gasteiger partial charge >= 0.3 is 0 Å².